The van der Waals surface area contributed by atoms with Crippen LogP contribution in [-0.2, 0) is 6.54 Å². The lowest BCUT2D eigenvalue weighted by molar-refractivity contribution is 0.0701. The largest absolute Gasteiger partial charge is 0.380 e. The maximum atomic E-state index is 11.1. The Hall–Kier alpha value is -2.40. The third-order valence-corrected chi connectivity index (χ3v) is 2.44. The van der Waals surface area contributed by atoms with Crippen LogP contribution in [0.25, 0.3) is 0 Å². The summed E-state index contributed by atoms with van der Waals surface area (Å²) >= 11 is 0. The van der Waals surface area contributed by atoms with Crippen LogP contribution in [0.3, 0.4) is 0 Å². The summed E-state index contributed by atoms with van der Waals surface area (Å²) < 4.78 is 0. The molecule has 0 spiro atoms. The highest BCUT2D eigenvalue weighted by Crippen LogP contribution is 2.08. The van der Waals surface area contributed by atoms with Crippen molar-refractivity contribution >= 4 is 11.6 Å². The number of benzene rings is 1. The number of carbonyl (C=O) groups excluding carboxylic acids is 1. The van der Waals surface area contributed by atoms with Crippen molar-refractivity contribution in [1.29, 1.82) is 0 Å². The Balaban J connectivity index is 1.97. The van der Waals surface area contributed by atoms with E-state index in [1.54, 1.807) is 18.3 Å². The molecule has 1 aromatic heterocycles. The number of amides is 1. The van der Waals surface area contributed by atoms with Gasteiger partial charge < -0.3 is 5.32 Å². The number of hydrogen-bond acceptors (Lipinski definition) is 4. The number of hydrogen-bond donors (Lipinski definition) is 3. The van der Waals surface area contributed by atoms with Gasteiger partial charge in [0, 0.05) is 6.54 Å². The molecule has 5 nitrogen and oxygen atoms in total. The molecule has 0 unspecified atom stereocenters. The molecule has 2 aromatic rings. The van der Waals surface area contributed by atoms with Gasteiger partial charge in [-0.25, -0.2) is 10.5 Å². The molecule has 0 fully saturated rings. The first kappa shape index (κ1) is 12.1. The van der Waals surface area contributed by atoms with Crippen LogP contribution in [0.4, 0.5) is 5.69 Å². The standard InChI is InChI=1S/C13H13N3O2/c17-13(16-18)12-7-6-11(9-15-12)14-8-10-4-2-1-3-5-10/h1-7,9,14,18H,8H2,(H,16,17). The van der Waals surface area contributed by atoms with Crippen molar-refractivity contribution < 1.29 is 10.0 Å². The zero-order chi connectivity index (χ0) is 12.8. The molecule has 2 rings (SSSR count). The molecule has 0 radical (unpaired) electrons. The van der Waals surface area contributed by atoms with E-state index < -0.39 is 5.91 Å². The van der Waals surface area contributed by atoms with Crippen LogP contribution in [0.1, 0.15) is 16.1 Å². The summed E-state index contributed by atoms with van der Waals surface area (Å²) in [6.45, 7) is 0.689. The second kappa shape index (κ2) is 5.79. The van der Waals surface area contributed by atoms with E-state index in [1.165, 1.54) is 5.48 Å². The number of nitrogens with one attached hydrogen (secondary N) is 2. The first-order valence-electron chi connectivity index (χ1n) is 5.48. The Labute approximate surface area is 104 Å². The monoisotopic (exact) mass is 243 g/mol. The average Bonchev–Trinajstić information content (AvgIpc) is 2.46. The van der Waals surface area contributed by atoms with Gasteiger partial charge in [-0.1, -0.05) is 30.3 Å². The molecule has 1 aromatic carbocycles. The average molecular weight is 243 g/mol. The van der Waals surface area contributed by atoms with Crippen molar-refractivity contribution in [2.75, 3.05) is 5.32 Å². The van der Waals surface area contributed by atoms with Crippen LogP contribution in [-0.4, -0.2) is 16.1 Å². The van der Waals surface area contributed by atoms with Gasteiger partial charge in [0.15, 0.2) is 0 Å². The maximum absolute atomic E-state index is 11.1. The van der Waals surface area contributed by atoms with Gasteiger partial charge in [0.05, 0.1) is 11.9 Å². The highest BCUT2D eigenvalue weighted by Gasteiger charge is 2.04. The van der Waals surface area contributed by atoms with E-state index in [1.807, 2.05) is 30.3 Å². The minimum absolute atomic E-state index is 0.169. The molecular formula is C13H13N3O2. The molecule has 5 heteroatoms. The van der Waals surface area contributed by atoms with Crippen LogP contribution in [0.5, 0.6) is 0 Å². The first-order chi connectivity index (χ1) is 8.79. The molecule has 92 valence electrons. The number of pyridine rings is 1. The third kappa shape index (κ3) is 3.05. The van der Waals surface area contributed by atoms with Gasteiger partial charge in [0.25, 0.3) is 5.91 Å². The van der Waals surface area contributed by atoms with E-state index >= 15 is 0 Å². The van der Waals surface area contributed by atoms with Crippen molar-refractivity contribution in [2.45, 2.75) is 6.54 Å². The number of rotatable bonds is 4. The van der Waals surface area contributed by atoms with E-state index in [0.29, 0.717) is 6.54 Å². The first-order valence-corrected chi connectivity index (χ1v) is 5.48. The van der Waals surface area contributed by atoms with Crippen LogP contribution < -0.4 is 10.8 Å². The summed E-state index contributed by atoms with van der Waals surface area (Å²) in [4.78, 5) is 15.0. The highest BCUT2D eigenvalue weighted by atomic mass is 16.5. The molecule has 1 amide bonds. The van der Waals surface area contributed by atoms with E-state index in [2.05, 4.69) is 10.3 Å². The van der Waals surface area contributed by atoms with Gasteiger partial charge in [0.2, 0.25) is 0 Å². The van der Waals surface area contributed by atoms with Gasteiger partial charge in [-0.2, -0.15) is 0 Å². The zero-order valence-corrected chi connectivity index (χ0v) is 9.63. The Kier molecular flexibility index (Phi) is 3.88. The molecule has 0 aliphatic heterocycles. The van der Waals surface area contributed by atoms with Gasteiger partial charge in [-0.3, -0.25) is 10.0 Å². The van der Waals surface area contributed by atoms with E-state index in [0.717, 1.165) is 11.3 Å². The molecule has 0 saturated heterocycles. The van der Waals surface area contributed by atoms with Crippen LogP contribution in [0.15, 0.2) is 48.7 Å². The Bertz CT molecular complexity index is 512. The lowest BCUT2D eigenvalue weighted by atomic mass is 10.2. The van der Waals surface area contributed by atoms with Gasteiger partial charge in [-0.15, -0.1) is 0 Å². The Morgan fingerprint density at radius 1 is 1.17 bits per heavy atom. The smallest absolute Gasteiger partial charge is 0.293 e. The van der Waals surface area contributed by atoms with Crippen LogP contribution in [0, 0.1) is 0 Å². The predicted octanol–water partition coefficient (Wildman–Crippen LogP) is 1.81. The van der Waals surface area contributed by atoms with Gasteiger partial charge in [-0.05, 0) is 17.7 Å². The maximum Gasteiger partial charge on any atom is 0.293 e. The van der Waals surface area contributed by atoms with E-state index in [9.17, 15) is 4.79 Å². The highest BCUT2D eigenvalue weighted by molar-refractivity contribution is 5.91. The molecule has 0 aliphatic rings. The number of aromatic nitrogens is 1. The normalized spacial score (nSPS) is 9.83. The van der Waals surface area contributed by atoms with E-state index in [4.69, 9.17) is 5.21 Å². The van der Waals surface area contributed by atoms with Crippen molar-refractivity contribution in [3.05, 3.63) is 59.9 Å². The number of hydroxylamine groups is 1. The molecule has 0 aliphatic carbocycles. The Morgan fingerprint density at radius 3 is 2.56 bits per heavy atom. The summed E-state index contributed by atoms with van der Waals surface area (Å²) in [5.41, 5.74) is 3.68. The lowest BCUT2D eigenvalue weighted by Crippen LogP contribution is -2.19. The predicted molar refractivity (Wildman–Crippen MR) is 67.3 cm³/mol. The second-order valence-corrected chi connectivity index (χ2v) is 3.71. The third-order valence-electron chi connectivity index (χ3n) is 2.44. The molecule has 0 bridgehead atoms. The fraction of sp³-hybridized carbons (Fsp3) is 0.0769. The number of anilines is 1. The van der Waals surface area contributed by atoms with Crippen LogP contribution >= 0.6 is 0 Å². The summed E-state index contributed by atoms with van der Waals surface area (Å²) in [7, 11) is 0. The van der Waals surface area contributed by atoms with Crippen molar-refractivity contribution in [3.63, 3.8) is 0 Å². The molecule has 0 saturated carbocycles. The van der Waals surface area contributed by atoms with Crippen molar-refractivity contribution in [1.82, 2.24) is 10.5 Å². The SMILES string of the molecule is O=C(NO)c1ccc(NCc2ccccc2)cn1. The van der Waals surface area contributed by atoms with Gasteiger partial charge >= 0.3 is 0 Å². The van der Waals surface area contributed by atoms with Gasteiger partial charge in [0.1, 0.15) is 5.69 Å². The molecule has 1 heterocycles. The molecule has 18 heavy (non-hydrogen) atoms. The quantitative estimate of drug-likeness (QED) is 0.565. The number of carbonyl (C=O) groups is 1. The topological polar surface area (TPSA) is 74.2 Å². The summed E-state index contributed by atoms with van der Waals surface area (Å²) in [6, 6.07) is 13.2. The molecule has 0 atom stereocenters. The summed E-state index contributed by atoms with van der Waals surface area (Å²) in [6.07, 6.45) is 1.55. The fourth-order valence-electron chi connectivity index (χ4n) is 1.49. The minimum atomic E-state index is -0.621. The minimum Gasteiger partial charge on any atom is -0.380 e. The Morgan fingerprint density at radius 2 is 1.94 bits per heavy atom. The molecule has 3 N–H and O–H groups in total. The van der Waals surface area contributed by atoms with E-state index in [-0.39, 0.29) is 5.69 Å². The van der Waals surface area contributed by atoms with Crippen molar-refractivity contribution in [2.24, 2.45) is 0 Å². The van der Waals surface area contributed by atoms with Crippen molar-refractivity contribution in [3.8, 4) is 0 Å². The summed E-state index contributed by atoms with van der Waals surface area (Å²) in [5, 5.41) is 11.6. The number of nitrogens with zero attached hydrogens (tertiary/aromatic N) is 1. The summed E-state index contributed by atoms with van der Waals surface area (Å²) in [5.74, 6) is -0.621. The second-order valence-electron chi connectivity index (χ2n) is 3.71. The zero-order valence-electron chi connectivity index (χ0n) is 9.63. The molecular weight excluding hydrogens is 230 g/mol. The lowest BCUT2D eigenvalue weighted by Gasteiger charge is -2.06. The fourth-order valence-corrected chi connectivity index (χ4v) is 1.49. The van der Waals surface area contributed by atoms with Crippen LogP contribution in [0.2, 0.25) is 0 Å².